The number of ether oxygens (including phenoxy) is 1. The van der Waals surface area contributed by atoms with Crippen LogP contribution in [0.2, 0.25) is 10.0 Å². The number of hydrogen-bond donors (Lipinski definition) is 1. The monoisotopic (exact) mass is 402 g/mol. The van der Waals surface area contributed by atoms with Gasteiger partial charge in [-0.2, -0.15) is 0 Å². The normalized spacial score (nSPS) is 11.0. The first kappa shape index (κ1) is 15.0. The summed E-state index contributed by atoms with van der Waals surface area (Å²) in [7, 11) is 0. The van der Waals surface area contributed by atoms with Crippen LogP contribution in [0.25, 0.3) is 11.0 Å². The molecule has 108 valence electrons. The fraction of sp³-hybridized carbons (Fsp3) is 0.0714. The zero-order valence-corrected chi connectivity index (χ0v) is 14.7. The first-order valence-electron chi connectivity index (χ1n) is 5.93. The van der Waals surface area contributed by atoms with Crippen molar-refractivity contribution in [3.8, 4) is 11.5 Å². The Hall–Kier alpha value is -0.880. The van der Waals surface area contributed by atoms with Crippen molar-refractivity contribution in [1.29, 1.82) is 0 Å². The topological polar surface area (TPSA) is 37.9 Å². The zero-order valence-electron chi connectivity index (χ0n) is 10.8. The number of halogens is 3. The van der Waals surface area contributed by atoms with Gasteiger partial charge < -0.3 is 9.72 Å². The fourth-order valence-corrected chi connectivity index (χ4v) is 3.13. The van der Waals surface area contributed by atoms with Gasteiger partial charge in [-0.3, -0.25) is 0 Å². The lowest BCUT2D eigenvalue weighted by Gasteiger charge is -2.09. The maximum absolute atomic E-state index is 6.14. The second-order valence-electron chi connectivity index (χ2n) is 4.20. The Morgan fingerprint density at radius 1 is 1.29 bits per heavy atom. The molecule has 0 amide bonds. The van der Waals surface area contributed by atoms with Crippen molar-refractivity contribution in [2.24, 2.45) is 0 Å². The molecular weight excluding hydrogens is 395 g/mol. The van der Waals surface area contributed by atoms with E-state index in [-0.39, 0.29) is 0 Å². The largest absolute Gasteiger partial charge is 0.456 e. The number of H-pyrrole nitrogens is 1. The van der Waals surface area contributed by atoms with E-state index in [2.05, 4.69) is 25.9 Å². The molecule has 3 nitrogen and oxygen atoms in total. The molecule has 3 rings (SSSR count). The molecule has 0 spiro atoms. The molecule has 21 heavy (non-hydrogen) atoms. The first-order valence-corrected chi connectivity index (χ1v) is 8.71. The molecule has 2 aromatic carbocycles. The highest BCUT2D eigenvalue weighted by atomic mass is 79.9. The van der Waals surface area contributed by atoms with E-state index < -0.39 is 0 Å². The number of rotatable bonds is 3. The lowest BCUT2D eigenvalue weighted by molar-refractivity contribution is 0.483. The summed E-state index contributed by atoms with van der Waals surface area (Å²) < 4.78 is 6.67. The highest BCUT2D eigenvalue weighted by molar-refractivity contribution is 9.10. The van der Waals surface area contributed by atoms with Gasteiger partial charge in [-0.15, -0.1) is 0 Å². The number of benzene rings is 2. The van der Waals surface area contributed by atoms with Gasteiger partial charge in [0.2, 0.25) is 0 Å². The van der Waals surface area contributed by atoms with Gasteiger partial charge in [-0.25, -0.2) is 4.98 Å². The van der Waals surface area contributed by atoms with Crippen molar-refractivity contribution >= 4 is 61.9 Å². The number of nitrogens with zero attached hydrogens (tertiary/aromatic N) is 1. The lowest BCUT2D eigenvalue weighted by atomic mass is 10.3. The summed E-state index contributed by atoms with van der Waals surface area (Å²) >= 11 is 17.2. The molecule has 0 bridgehead atoms. The van der Waals surface area contributed by atoms with Gasteiger partial charge in [0.05, 0.1) is 10.5 Å². The van der Waals surface area contributed by atoms with Gasteiger partial charge in [0, 0.05) is 10.5 Å². The van der Waals surface area contributed by atoms with Gasteiger partial charge in [0.25, 0.3) is 0 Å². The third-order valence-corrected chi connectivity index (χ3v) is 4.82. The van der Waals surface area contributed by atoms with Crippen molar-refractivity contribution in [2.45, 2.75) is 5.16 Å². The van der Waals surface area contributed by atoms with E-state index in [1.807, 2.05) is 18.4 Å². The SMILES string of the molecule is CSc1nc2c(Br)cc(Oc3cccc(Cl)c3Cl)cc2[nH]1. The fourth-order valence-electron chi connectivity index (χ4n) is 1.87. The highest BCUT2D eigenvalue weighted by Crippen LogP contribution is 2.37. The molecular formula is C14H9BrCl2N2OS. The van der Waals surface area contributed by atoms with Crippen LogP contribution in [-0.2, 0) is 0 Å². The molecule has 7 heteroatoms. The molecule has 3 aromatic rings. The maximum atomic E-state index is 6.14. The predicted octanol–water partition coefficient (Wildman–Crippen LogP) is 6.15. The van der Waals surface area contributed by atoms with Gasteiger partial charge in [0.1, 0.15) is 22.0 Å². The van der Waals surface area contributed by atoms with Crippen LogP contribution in [-0.4, -0.2) is 16.2 Å². The Morgan fingerprint density at radius 3 is 2.86 bits per heavy atom. The number of fused-ring (bicyclic) bond motifs is 1. The average Bonchev–Trinajstić information content (AvgIpc) is 2.88. The standard InChI is InChI=1S/C14H9BrCl2N2OS/c1-21-14-18-10-6-7(5-8(15)13(10)19-14)20-11-4-2-3-9(16)12(11)17/h2-6H,1H3,(H,18,19). The van der Waals surface area contributed by atoms with Crippen LogP contribution in [0, 0.1) is 0 Å². The van der Waals surface area contributed by atoms with E-state index in [1.54, 1.807) is 30.0 Å². The van der Waals surface area contributed by atoms with Crippen LogP contribution in [0.5, 0.6) is 11.5 Å². The van der Waals surface area contributed by atoms with E-state index >= 15 is 0 Å². The van der Waals surface area contributed by atoms with Crippen molar-refractivity contribution in [1.82, 2.24) is 9.97 Å². The number of thioether (sulfide) groups is 1. The molecule has 1 N–H and O–H groups in total. The molecule has 0 saturated carbocycles. The molecule has 0 aliphatic carbocycles. The first-order chi connectivity index (χ1) is 10.1. The van der Waals surface area contributed by atoms with E-state index in [1.165, 1.54) is 0 Å². The lowest BCUT2D eigenvalue weighted by Crippen LogP contribution is -1.86. The number of hydrogen-bond acceptors (Lipinski definition) is 3. The summed E-state index contributed by atoms with van der Waals surface area (Å²) in [6, 6.07) is 9.01. The van der Waals surface area contributed by atoms with Crippen LogP contribution < -0.4 is 4.74 Å². The van der Waals surface area contributed by atoms with Crippen molar-refractivity contribution in [3.63, 3.8) is 0 Å². The van der Waals surface area contributed by atoms with E-state index in [0.29, 0.717) is 21.5 Å². The van der Waals surface area contributed by atoms with Crippen molar-refractivity contribution in [2.75, 3.05) is 6.26 Å². The summed E-state index contributed by atoms with van der Waals surface area (Å²) in [6.45, 7) is 0. The molecule has 0 aliphatic rings. The predicted molar refractivity (Wildman–Crippen MR) is 92.1 cm³/mol. The minimum absolute atomic E-state index is 0.393. The second-order valence-corrected chi connectivity index (χ2v) is 6.64. The van der Waals surface area contributed by atoms with Gasteiger partial charge in [-0.1, -0.05) is 41.0 Å². The van der Waals surface area contributed by atoms with E-state index in [4.69, 9.17) is 27.9 Å². The Morgan fingerprint density at radius 2 is 2.10 bits per heavy atom. The highest BCUT2D eigenvalue weighted by Gasteiger charge is 2.11. The Balaban J connectivity index is 2.02. The van der Waals surface area contributed by atoms with Crippen molar-refractivity contribution in [3.05, 3.63) is 44.8 Å². The molecule has 0 radical (unpaired) electrons. The Kier molecular flexibility index (Phi) is 4.36. The third-order valence-electron chi connectivity index (χ3n) is 2.83. The van der Waals surface area contributed by atoms with Crippen molar-refractivity contribution < 1.29 is 4.74 Å². The third kappa shape index (κ3) is 3.01. The quantitative estimate of drug-likeness (QED) is 0.533. The minimum atomic E-state index is 0.393. The van der Waals surface area contributed by atoms with Crippen LogP contribution in [0.3, 0.4) is 0 Å². The zero-order chi connectivity index (χ0) is 15.0. The maximum Gasteiger partial charge on any atom is 0.166 e. The summed E-state index contributed by atoms with van der Waals surface area (Å²) in [6.07, 6.45) is 1.97. The van der Waals surface area contributed by atoms with Crippen LogP contribution in [0.15, 0.2) is 40.0 Å². The summed E-state index contributed by atoms with van der Waals surface area (Å²) in [5, 5.41) is 1.70. The molecule has 0 fully saturated rings. The molecule has 1 aromatic heterocycles. The molecule has 1 heterocycles. The molecule has 0 atom stereocenters. The Labute approximate surface area is 144 Å². The number of nitrogens with one attached hydrogen (secondary N) is 1. The average molecular weight is 404 g/mol. The van der Waals surface area contributed by atoms with Crippen LogP contribution >= 0.6 is 50.9 Å². The van der Waals surface area contributed by atoms with E-state index in [9.17, 15) is 0 Å². The Bertz CT molecular complexity index is 822. The molecule has 0 unspecified atom stereocenters. The molecule has 0 aliphatic heterocycles. The number of imidazole rings is 1. The van der Waals surface area contributed by atoms with Gasteiger partial charge in [-0.05, 0) is 40.4 Å². The van der Waals surface area contributed by atoms with Crippen LogP contribution in [0.1, 0.15) is 0 Å². The van der Waals surface area contributed by atoms with E-state index in [0.717, 1.165) is 20.7 Å². The summed E-state index contributed by atoms with van der Waals surface area (Å²) in [4.78, 5) is 7.69. The summed E-state index contributed by atoms with van der Waals surface area (Å²) in [5.41, 5.74) is 1.76. The van der Waals surface area contributed by atoms with Crippen LogP contribution in [0.4, 0.5) is 0 Å². The minimum Gasteiger partial charge on any atom is -0.456 e. The number of aromatic amines is 1. The molecule has 0 saturated heterocycles. The summed E-state index contributed by atoms with van der Waals surface area (Å²) in [5.74, 6) is 1.16. The smallest absolute Gasteiger partial charge is 0.166 e. The second kappa shape index (κ2) is 6.08. The van der Waals surface area contributed by atoms with Gasteiger partial charge in [0.15, 0.2) is 5.16 Å². The van der Waals surface area contributed by atoms with Gasteiger partial charge >= 0.3 is 0 Å². The number of aromatic nitrogens is 2.